The summed E-state index contributed by atoms with van der Waals surface area (Å²) < 4.78 is 0. The number of aryl methyl sites for hydroxylation is 3. The summed E-state index contributed by atoms with van der Waals surface area (Å²) in [7, 11) is 0. The summed E-state index contributed by atoms with van der Waals surface area (Å²) in [4.78, 5) is 2.61. The lowest BCUT2D eigenvalue weighted by Crippen LogP contribution is -2.29. The predicted molar refractivity (Wildman–Crippen MR) is 69.8 cm³/mol. The van der Waals surface area contributed by atoms with Gasteiger partial charge in [0.1, 0.15) is 0 Å². The average molecular weight is 217 g/mol. The van der Waals surface area contributed by atoms with Gasteiger partial charge in [0, 0.05) is 6.54 Å². The van der Waals surface area contributed by atoms with Gasteiger partial charge in [0.15, 0.2) is 0 Å². The van der Waals surface area contributed by atoms with Gasteiger partial charge in [0.2, 0.25) is 0 Å². The van der Waals surface area contributed by atoms with Gasteiger partial charge in [0.25, 0.3) is 0 Å². The molecule has 1 aliphatic heterocycles. The number of nitrogens with zero attached hydrogens (tertiary/aromatic N) is 1. The van der Waals surface area contributed by atoms with Crippen molar-refractivity contribution >= 4 is 0 Å². The molecule has 1 fully saturated rings. The van der Waals surface area contributed by atoms with E-state index in [0.717, 1.165) is 6.54 Å². The Bertz CT molecular complexity index is 339. The van der Waals surface area contributed by atoms with Crippen molar-refractivity contribution in [2.75, 3.05) is 13.1 Å². The largest absolute Gasteiger partial charge is 0.299 e. The van der Waals surface area contributed by atoms with Crippen LogP contribution in [0.25, 0.3) is 0 Å². The first kappa shape index (κ1) is 11.7. The van der Waals surface area contributed by atoms with Crippen molar-refractivity contribution in [3.8, 4) is 0 Å². The summed E-state index contributed by atoms with van der Waals surface area (Å²) in [6, 6.07) is 4.62. The first-order chi connectivity index (χ1) is 7.66. The molecule has 1 aromatic rings. The fraction of sp³-hybridized carbons (Fsp3) is 0.600. The third kappa shape index (κ3) is 2.65. The van der Waals surface area contributed by atoms with Gasteiger partial charge in [-0.25, -0.2) is 0 Å². The normalized spacial score (nSPS) is 17.7. The minimum Gasteiger partial charge on any atom is -0.299 e. The molecule has 0 amide bonds. The van der Waals surface area contributed by atoms with Gasteiger partial charge in [-0.05, 0) is 63.4 Å². The molecule has 0 atom stereocenters. The standard InChI is InChI=1S/C15H23N/c1-12-9-13(2)15(14(3)10-12)11-16-7-5-4-6-8-16/h9-10H,4-8,11H2,1-3H3. The van der Waals surface area contributed by atoms with Gasteiger partial charge in [0.05, 0.1) is 0 Å². The maximum atomic E-state index is 2.61. The Morgan fingerprint density at radius 1 is 0.938 bits per heavy atom. The summed E-state index contributed by atoms with van der Waals surface area (Å²) in [5, 5.41) is 0. The molecule has 0 spiro atoms. The Morgan fingerprint density at radius 2 is 1.50 bits per heavy atom. The average Bonchev–Trinajstić information content (AvgIpc) is 2.25. The van der Waals surface area contributed by atoms with E-state index in [9.17, 15) is 0 Å². The number of benzene rings is 1. The molecule has 1 aliphatic rings. The molecule has 1 heterocycles. The Hall–Kier alpha value is -0.820. The Morgan fingerprint density at radius 3 is 2.06 bits per heavy atom. The molecule has 1 aromatic carbocycles. The van der Waals surface area contributed by atoms with E-state index in [-0.39, 0.29) is 0 Å². The van der Waals surface area contributed by atoms with Crippen molar-refractivity contribution in [2.45, 2.75) is 46.6 Å². The lowest BCUT2D eigenvalue weighted by atomic mass is 9.98. The number of rotatable bonds is 2. The first-order valence-electron chi connectivity index (χ1n) is 6.46. The molecule has 16 heavy (non-hydrogen) atoms. The van der Waals surface area contributed by atoms with Crippen LogP contribution in [0.3, 0.4) is 0 Å². The second kappa shape index (κ2) is 5.01. The maximum absolute atomic E-state index is 2.61. The summed E-state index contributed by atoms with van der Waals surface area (Å²) in [5.74, 6) is 0. The molecule has 1 saturated heterocycles. The lowest BCUT2D eigenvalue weighted by molar-refractivity contribution is 0.220. The molecule has 2 rings (SSSR count). The number of likely N-dealkylation sites (tertiary alicyclic amines) is 1. The van der Waals surface area contributed by atoms with Crippen molar-refractivity contribution in [3.05, 3.63) is 34.4 Å². The quantitative estimate of drug-likeness (QED) is 0.731. The minimum atomic E-state index is 1.15. The van der Waals surface area contributed by atoms with Crippen LogP contribution < -0.4 is 0 Å². The maximum Gasteiger partial charge on any atom is 0.0238 e. The van der Waals surface area contributed by atoms with Crippen LogP contribution in [0.5, 0.6) is 0 Å². The highest BCUT2D eigenvalue weighted by molar-refractivity contribution is 5.37. The van der Waals surface area contributed by atoms with Crippen molar-refractivity contribution in [2.24, 2.45) is 0 Å². The zero-order valence-electron chi connectivity index (χ0n) is 10.8. The molecule has 0 unspecified atom stereocenters. The van der Waals surface area contributed by atoms with E-state index in [0.29, 0.717) is 0 Å². The van der Waals surface area contributed by atoms with Crippen LogP contribution in [-0.4, -0.2) is 18.0 Å². The highest BCUT2D eigenvalue weighted by Crippen LogP contribution is 2.20. The molecular formula is C15H23N. The van der Waals surface area contributed by atoms with E-state index in [4.69, 9.17) is 0 Å². The van der Waals surface area contributed by atoms with Gasteiger partial charge >= 0.3 is 0 Å². The van der Waals surface area contributed by atoms with Crippen LogP contribution in [0, 0.1) is 20.8 Å². The van der Waals surface area contributed by atoms with Gasteiger partial charge in [-0.3, -0.25) is 4.90 Å². The topological polar surface area (TPSA) is 3.24 Å². The molecule has 0 N–H and O–H groups in total. The molecule has 0 radical (unpaired) electrons. The van der Waals surface area contributed by atoms with Gasteiger partial charge < -0.3 is 0 Å². The molecule has 0 bridgehead atoms. The van der Waals surface area contributed by atoms with E-state index >= 15 is 0 Å². The second-order valence-electron chi connectivity index (χ2n) is 5.21. The highest BCUT2D eigenvalue weighted by atomic mass is 15.1. The number of hydrogen-bond donors (Lipinski definition) is 0. The molecule has 88 valence electrons. The Labute approximate surface area is 99.5 Å². The van der Waals surface area contributed by atoms with Crippen LogP contribution >= 0.6 is 0 Å². The van der Waals surface area contributed by atoms with E-state index in [1.54, 1.807) is 5.56 Å². The van der Waals surface area contributed by atoms with E-state index in [1.807, 2.05) is 0 Å². The zero-order valence-corrected chi connectivity index (χ0v) is 10.8. The zero-order chi connectivity index (χ0) is 11.5. The Kier molecular flexibility index (Phi) is 3.65. The lowest BCUT2D eigenvalue weighted by Gasteiger charge is -2.28. The second-order valence-corrected chi connectivity index (χ2v) is 5.21. The van der Waals surface area contributed by atoms with Crippen LogP contribution in [0.1, 0.15) is 41.5 Å². The molecule has 0 saturated carbocycles. The van der Waals surface area contributed by atoms with Crippen LogP contribution in [0.15, 0.2) is 12.1 Å². The number of piperidine rings is 1. The van der Waals surface area contributed by atoms with Crippen LogP contribution in [-0.2, 0) is 6.54 Å². The molecular weight excluding hydrogens is 194 g/mol. The summed E-state index contributed by atoms with van der Waals surface area (Å²) >= 11 is 0. The van der Waals surface area contributed by atoms with Gasteiger partial charge in [-0.2, -0.15) is 0 Å². The SMILES string of the molecule is Cc1cc(C)c(CN2CCCCC2)c(C)c1. The summed E-state index contributed by atoms with van der Waals surface area (Å²) in [5.41, 5.74) is 5.86. The molecule has 0 aromatic heterocycles. The smallest absolute Gasteiger partial charge is 0.0238 e. The van der Waals surface area contributed by atoms with Crippen LogP contribution in [0.2, 0.25) is 0 Å². The fourth-order valence-electron chi connectivity index (χ4n) is 2.80. The summed E-state index contributed by atoms with van der Waals surface area (Å²) in [6.07, 6.45) is 4.18. The third-order valence-electron chi connectivity index (χ3n) is 3.67. The molecule has 1 heteroatoms. The summed E-state index contributed by atoms with van der Waals surface area (Å²) in [6.45, 7) is 10.4. The van der Waals surface area contributed by atoms with Crippen LogP contribution in [0.4, 0.5) is 0 Å². The highest BCUT2D eigenvalue weighted by Gasteiger charge is 2.12. The predicted octanol–water partition coefficient (Wildman–Crippen LogP) is 3.60. The van der Waals surface area contributed by atoms with Crippen molar-refractivity contribution in [3.63, 3.8) is 0 Å². The third-order valence-corrected chi connectivity index (χ3v) is 3.67. The first-order valence-corrected chi connectivity index (χ1v) is 6.46. The van der Waals surface area contributed by atoms with Crippen molar-refractivity contribution < 1.29 is 0 Å². The number of hydrogen-bond acceptors (Lipinski definition) is 1. The van der Waals surface area contributed by atoms with E-state index in [1.165, 1.54) is 49.0 Å². The van der Waals surface area contributed by atoms with Gasteiger partial charge in [-0.15, -0.1) is 0 Å². The Balaban J connectivity index is 2.14. The molecule has 0 aliphatic carbocycles. The monoisotopic (exact) mass is 217 g/mol. The molecule has 1 nitrogen and oxygen atoms in total. The fourth-order valence-corrected chi connectivity index (χ4v) is 2.80. The van der Waals surface area contributed by atoms with Gasteiger partial charge in [-0.1, -0.05) is 24.1 Å². The van der Waals surface area contributed by atoms with E-state index < -0.39 is 0 Å². The van der Waals surface area contributed by atoms with E-state index in [2.05, 4.69) is 37.8 Å². The van der Waals surface area contributed by atoms with Crippen molar-refractivity contribution in [1.82, 2.24) is 4.90 Å². The van der Waals surface area contributed by atoms with Crippen molar-refractivity contribution in [1.29, 1.82) is 0 Å². The minimum absolute atomic E-state index is 1.15.